The highest BCUT2D eigenvalue weighted by molar-refractivity contribution is 7.92. The second kappa shape index (κ2) is 16.2. The lowest BCUT2D eigenvalue weighted by Crippen LogP contribution is -2.49. The van der Waals surface area contributed by atoms with Gasteiger partial charge in [0.15, 0.2) is 0 Å². The van der Waals surface area contributed by atoms with Gasteiger partial charge in [-0.3, -0.25) is 14.4 Å². The first-order valence-electron chi connectivity index (χ1n) is 14.3. The molecule has 1 saturated heterocycles. The van der Waals surface area contributed by atoms with Gasteiger partial charge >= 0.3 is 6.03 Å². The van der Waals surface area contributed by atoms with Crippen molar-refractivity contribution < 1.29 is 31.5 Å². The molecule has 1 aliphatic heterocycles. The van der Waals surface area contributed by atoms with E-state index in [1.54, 1.807) is 23.2 Å². The molecule has 0 spiro atoms. The maximum absolute atomic E-state index is 14.4. The zero-order valence-electron chi connectivity index (χ0n) is 25.3. The molecule has 1 aliphatic rings. The van der Waals surface area contributed by atoms with Crippen LogP contribution < -0.4 is 20.5 Å². The van der Waals surface area contributed by atoms with Crippen LogP contribution in [-0.2, 0) is 16.6 Å². The van der Waals surface area contributed by atoms with Crippen molar-refractivity contribution in [2.75, 3.05) is 35.9 Å². The van der Waals surface area contributed by atoms with Gasteiger partial charge in [0, 0.05) is 50.6 Å². The number of urea groups is 1. The predicted octanol–water partition coefficient (Wildman–Crippen LogP) is 6.00. The molecular weight excluding hydrogens is 665 g/mol. The van der Waals surface area contributed by atoms with Gasteiger partial charge in [0.1, 0.15) is 17.4 Å². The zero-order chi connectivity index (χ0) is 32.7. The van der Waals surface area contributed by atoms with E-state index in [1.807, 2.05) is 13.0 Å². The number of benzene rings is 2. The quantitative estimate of drug-likeness (QED) is 0.210. The molecule has 46 heavy (non-hydrogen) atoms. The smallest absolute Gasteiger partial charge is 0.322 e. The van der Waals surface area contributed by atoms with Crippen LogP contribution in [0.4, 0.5) is 25.0 Å². The standard InChI is InChI=1S/C30H35ClF2N6O5S.ClH/c1-3-4-11-39(30(41)36-26-15-22(29(34)40)24(32)16-25(26)33)21-9-12-38(13-10-21)18-19-5-8-28(35-17-19)44-27-7-6-20(14-23(27)31)37-45(2,42)43;/h5-8,14-17,21,37H,3-4,9-13,18H2,1-2H3,(H2,34,40)(H,36,41);1H. The highest BCUT2D eigenvalue weighted by Crippen LogP contribution is 2.31. The summed E-state index contributed by atoms with van der Waals surface area (Å²) in [6, 6.07) is 8.97. The number of ether oxygens (including phenoxy) is 1. The van der Waals surface area contributed by atoms with Crippen LogP contribution in [0.25, 0.3) is 0 Å². The molecule has 1 aromatic heterocycles. The number of anilines is 2. The number of nitrogens with one attached hydrogen (secondary N) is 2. The molecule has 2 heterocycles. The summed E-state index contributed by atoms with van der Waals surface area (Å²) in [5.41, 5.74) is 5.64. The summed E-state index contributed by atoms with van der Waals surface area (Å²) < 4.78 is 59.3. The summed E-state index contributed by atoms with van der Waals surface area (Å²) in [5, 5.41) is 2.72. The summed E-state index contributed by atoms with van der Waals surface area (Å²) in [6.45, 7) is 4.51. The van der Waals surface area contributed by atoms with Gasteiger partial charge in [-0.05, 0) is 49.1 Å². The van der Waals surface area contributed by atoms with Crippen molar-refractivity contribution in [1.82, 2.24) is 14.8 Å². The fraction of sp³-hybridized carbons (Fsp3) is 0.367. The summed E-state index contributed by atoms with van der Waals surface area (Å²) in [6.07, 6.45) is 5.72. The normalized spacial score (nSPS) is 13.8. The van der Waals surface area contributed by atoms with E-state index in [1.165, 1.54) is 12.1 Å². The maximum atomic E-state index is 14.4. The molecular formula is C30H36Cl2F2N6O5S. The van der Waals surface area contributed by atoms with Gasteiger partial charge in [0.25, 0.3) is 5.91 Å². The number of sulfonamides is 1. The third kappa shape index (κ3) is 10.1. The Labute approximate surface area is 277 Å². The fourth-order valence-electron chi connectivity index (χ4n) is 4.98. The van der Waals surface area contributed by atoms with Crippen molar-refractivity contribution in [1.29, 1.82) is 0 Å². The van der Waals surface area contributed by atoms with Gasteiger partial charge in [-0.15, -0.1) is 12.4 Å². The number of likely N-dealkylation sites (tertiary alicyclic amines) is 1. The first-order valence-corrected chi connectivity index (χ1v) is 16.6. The van der Waals surface area contributed by atoms with Crippen molar-refractivity contribution in [2.24, 2.45) is 5.73 Å². The number of pyridine rings is 1. The number of unbranched alkanes of at least 4 members (excludes halogenated alkanes) is 1. The van der Waals surface area contributed by atoms with E-state index < -0.39 is 39.2 Å². The Balaban J connectivity index is 0.00000576. The molecule has 0 saturated carbocycles. The van der Waals surface area contributed by atoms with Gasteiger partial charge in [-0.2, -0.15) is 0 Å². The van der Waals surface area contributed by atoms with Crippen LogP contribution in [0.3, 0.4) is 0 Å². The topological polar surface area (TPSA) is 147 Å². The summed E-state index contributed by atoms with van der Waals surface area (Å²) in [4.78, 5) is 33.0. The number of nitrogens with zero attached hydrogens (tertiary/aromatic N) is 3. The molecule has 2 aromatic carbocycles. The van der Waals surface area contributed by atoms with E-state index >= 15 is 0 Å². The molecule has 0 radical (unpaired) electrons. The molecule has 1 fully saturated rings. The van der Waals surface area contributed by atoms with Gasteiger partial charge in [-0.25, -0.2) is 27.0 Å². The lowest BCUT2D eigenvalue weighted by atomic mass is 10.0. The molecule has 11 nitrogen and oxygen atoms in total. The lowest BCUT2D eigenvalue weighted by molar-refractivity contribution is 0.0996. The summed E-state index contributed by atoms with van der Waals surface area (Å²) >= 11 is 6.25. The third-order valence-corrected chi connectivity index (χ3v) is 8.13. The molecule has 16 heteroatoms. The number of rotatable bonds is 12. The second-order valence-electron chi connectivity index (χ2n) is 10.8. The number of piperidine rings is 1. The molecule has 0 bridgehead atoms. The minimum Gasteiger partial charge on any atom is -0.437 e. The van der Waals surface area contributed by atoms with Gasteiger partial charge in [0.05, 0.1) is 28.2 Å². The van der Waals surface area contributed by atoms with Crippen molar-refractivity contribution in [2.45, 2.75) is 45.2 Å². The Kier molecular flexibility index (Phi) is 12.9. The van der Waals surface area contributed by atoms with Crippen LogP contribution in [0.15, 0.2) is 48.7 Å². The van der Waals surface area contributed by atoms with Crippen LogP contribution in [0, 0.1) is 11.6 Å². The Morgan fingerprint density at radius 2 is 1.85 bits per heavy atom. The van der Waals surface area contributed by atoms with Crippen molar-refractivity contribution in [3.63, 3.8) is 0 Å². The number of halogens is 4. The van der Waals surface area contributed by atoms with E-state index in [9.17, 15) is 26.8 Å². The highest BCUT2D eigenvalue weighted by atomic mass is 35.5. The van der Waals surface area contributed by atoms with E-state index in [2.05, 4.69) is 19.9 Å². The number of primary amides is 1. The number of carbonyl (C=O) groups excluding carboxylic acids is 2. The number of carbonyl (C=O) groups is 2. The Bertz CT molecular complexity index is 1640. The molecule has 250 valence electrons. The first kappa shape index (κ1) is 36.7. The van der Waals surface area contributed by atoms with E-state index in [-0.39, 0.29) is 29.2 Å². The van der Waals surface area contributed by atoms with Gasteiger partial charge in [0.2, 0.25) is 15.9 Å². The Hall–Kier alpha value is -3.72. The molecule has 0 atom stereocenters. The molecule has 4 rings (SSSR count). The summed E-state index contributed by atoms with van der Waals surface area (Å²) in [5.74, 6) is -2.50. The molecule has 0 unspecified atom stereocenters. The van der Waals surface area contributed by atoms with E-state index in [0.717, 1.165) is 30.7 Å². The van der Waals surface area contributed by atoms with E-state index in [0.29, 0.717) is 62.4 Å². The molecule has 3 amide bonds. The monoisotopic (exact) mass is 700 g/mol. The lowest BCUT2D eigenvalue weighted by Gasteiger charge is -2.38. The second-order valence-corrected chi connectivity index (χ2v) is 12.9. The molecule has 0 aliphatic carbocycles. The first-order chi connectivity index (χ1) is 21.3. The van der Waals surface area contributed by atoms with Gasteiger partial charge in [-0.1, -0.05) is 31.0 Å². The minimum absolute atomic E-state index is 0. The number of aromatic nitrogens is 1. The largest absolute Gasteiger partial charge is 0.437 e. The van der Waals surface area contributed by atoms with Crippen LogP contribution in [0.1, 0.15) is 48.5 Å². The number of amides is 3. The van der Waals surface area contributed by atoms with Crippen LogP contribution in [-0.4, -0.2) is 67.1 Å². The third-order valence-electron chi connectivity index (χ3n) is 7.23. The molecule has 4 N–H and O–H groups in total. The molecule has 3 aromatic rings. The minimum atomic E-state index is -3.44. The average Bonchev–Trinajstić information content (AvgIpc) is 2.97. The summed E-state index contributed by atoms with van der Waals surface area (Å²) in [7, 11) is -3.44. The number of hydrogen-bond donors (Lipinski definition) is 3. The SMILES string of the molecule is CCCCN(C(=O)Nc1cc(C(N)=O)c(F)cc1F)C1CCN(Cc2ccc(Oc3ccc(NS(C)(=O)=O)cc3Cl)nc2)CC1.Cl. The van der Waals surface area contributed by atoms with Crippen molar-refractivity contribution >= 4 is 57.3 Å². The number of hydrogen-bond acceptors (Lipinski definition) is 7. The van der Waals surface area contributed by atoms with Crippen molar-refractivity contribution in [3.8, 4) is 11.6 Å². The van der Waals surface area contributed by atoms with Crippen molar-refractivity contribution in [3.05, 3.63) is 76.4 Å². The average molecular weight is 702 g/mol. The highest BCUT2D eigenvalue weighted by Gasteiger charge is 2.29. The van der Waals surface area contributed by atoms with Gasteiger partial charge < -0.3 is 20.7 Å². The number of nitrogens with two attached hydrogens (primary N) is 1. The fourth-order valence-corrected chi connectivity index (χ4v) is 5.76. The predicted molar refractivity (Wildman–Crippen MR) is 175 cm³/mol. The Morgan fingerprint density at radius 3 is 2.43 bits per heavy atom. The Morgan fingerprint density at radius 1 is 1.13 bits per heavy atom. The van der Waals surface area contributed by atoms with Crippen LogP contribution >= 0.6 is 24.0 Å². The zero-order valence-corrected chi connectivity index (χ0v) is 27.7. The van der Waals surface area contributed by atoms with Crippen LogP contribution in [0.5, 0.6) is 11.6 Å². The van der Waals surface area contributed by atoms with Crippen LogP contribution in [0.2, 0.25) is 5.02 Å². The maximum Gasteiger partial charge on any atom is 0.322 e. The van der Waals surface area contributed by atoms with E-state index in [4.69, 9.17) is 22.1 Å².